The van der Waals surface area contributed by atoms with Crippen LogP contribution < -0.4 is 19.5 Å². The average molecular weight is 513 g/mol. The van der Waals surface area contributed by atoms with E-state index in [2.05, 4.69) is 155 Å². The van der Waals surface area contributed by atoms with Crippen molar-refractivity contribution in [2.24, 2.45) is 0 Å². The summed E-state index contributed by atoms with van der Waals surface area (Å²) in [5.41, 5.74) is 12.9. The minimum absolute atomic E-state index is 1.27. The number of benzene rings is 6. The van der Waals surface area contributed by atoms with Crippen LogP contribution in [0.4, 0.5) is 22.7 Å². The van der Waals surface area contributed by atoms with Crippen LogP contribution in [-0.4, -0.2) is 8.40 Å². The van der Waals surface area contributed by atoms with Crippen LogP contribution in [0.2, 0.25) is 0 Å². The smallest absolute Gasteiger partial charge is 0.341 e. The van der Waals surface area contributed by atoms with Crippen molar-refractivity contribution in [2.75, 3.05) is 9.13 Å². The van der Waals surface area contributed by atoms with Gasteiger partial charge in [0.05, 0.1) is 0 Å². The molecule has 0 bridgehead atoms. The van der Waals surface area contributed by atoms with Crippen molar-refractivity contribution in [1.29, 1.82) is 0 Å². The normalized spacial score (nSPS) is 14.8. The first-order chi connectivity index (χ1) is 19.4. The third-order valence-electron chi connectivity index (χ3n) is 8.70. The fourth-order valence-corrected chi connectivity index (χ4v) is 12.8. The van der Waals surface area contributed by atoms with Crippen molar-refractivity contribution in [3.05, 3.63) is 146 Å². The maximum atomic E-state index is 2.76. The van der Waals surface area contributed by atoms with E-state index in [4.69, 9.17) is 0 Å². The van der Waals surface area contributed by atoms with E-state index in [1.165, 1.54) is 66.5 Å². The Bertz CT molecular complexity index is 1800. The Morgan fingerprint density at radius 2 is 0.538 bits per heavy atom. The van der Waals surface area contributed by atoms with Crippen molar-refractivity contribution in [3.8, 4) is 33.4 Å². The molecule has 39 heavy (non-hydrogen) atoms. The van der Waals surface area contributed by atoms with Crippen LogP contribution in [-0.2, 0) is 0 Å². The first-order valence-corrected chi connectivity index (χ1v) is 15.5. The van der Waals surface area contributed by atoms with Gasteiger partial charge in [0.15, 0.2) is 0 Å². The lowest BCUT2D eigenvalue weighted by atomic mass is 9.99. The third kappa shape index (κ3) is 2.51. The molecule has 0 N–H and O–H groups in total. The molecule has 0 unspecified atom stereocenters. The Morgan fingerprint density at radius 1 is 0.282 bits per heavy atom. The molecule has 0 saturated carbocycles. The Kier molecular flexibility index (Phi) is 4.11. The second-order valence-corrected chi connectivity index (χ2v) is 13.8. The summed E-state index contributed by atoms with van der Waals surface area (Å²) in [7, 11) is -2.95. The van der Waals surface area contributed by atoms with Gasteiger partial charge < -0.3 is 9.13 Å². The van der Waals surface area contributed by atoms with E-state index in [0.29, 0.717) is 0 Å². The maximum Gasteiger partial charge on any atom is 0.341 e. The predicted octanol–water partition coefficient (Wildman–Crippen LogP) is 7.86. The van der Waals surface area contributed by atoms with Gasteiger partial charge in [-0.05, 0) is 45.8 Å². The van der Waals surface area contributed by atoms with E-state index in [-0.39, 0.29) is 0 Å². The molecule has 0 radical (unpaired) electrons. The van der Waals surface area contributed by atoms with Gasteiger partial charge in [-0.25, -0.2) is 0 Å². The monoisotopic (exact) mass is 512 g/mol. The van der Waals surface area contributed by atoms with Crippen molar-refractivity contribution in [1.82, 2.24) is 0 Å². The van der Waals surface area contributed by atoms with Crippen molar-refractivity contribution >= 4 is 41.5 Å². The number of rotatable bonds is 0. The van der Waals surface area contributed by atoms with Crippen molar-refractivity contribution in [2.45, 2.75) is 0 Å². The van der Waals surface area contributed by atoms with Crippen molar-refractivity contribution in [3.63, 3.8) is 0 Å². The number of hydrogen-bond donors (Lipinski definition) is 0. The largest absolute Gasteiger partial charge is 0.342 e. The van der Waals surface area contributed by atoms with Gasteiger partial charge >= 0.3 is 8.40 Å². The van der Waals surface area contributed by atoms with E-state index in [9.17, 15) is 0 Å². The first kappa shape index (κ1) is 21.1. The summed E-state index contributed by atoms with van der Waals surface area (Å²) in [6, 6.07) is 54.3. The topological polar surface area (TPSA) is 6.48 Å². The summed E-state index contributed by atoms with van der Waals surface area (Å²) < 4.78 is 5.52. The van der Waals surface area contributed by atoms with Crippen LogP contribution >= 0.6 is 0 Å². The Balaban J connectivity index is 1.59. The van der Waals surface area contributed by atoms with Crippen LogP contribution in [0, 0.1) is 0 Å². The number of nitrogens with zero attached hydrogens (tertiary/aromatic N) is 2. The molecular weight excluding hydrogens is 488 g/mol. The lowest BCUT2D eigenvalue weighted by molar-refractivity contribution is 1.25. The number of anilines is 4. The highest BCUT2D eigenvalue weighted by molar-refractivity contribution is 7.11. The van der Waals surface area contributed by atoms with E-state index < -0.39 is 8.40 Å². The van der Waals surface area contributed by atoms with Gasteiger partial charge in [-0.3, -0.25) is 0 Å². The van der Waals surface area contributed by atoms with E-state index in [1.54, 1.807) is 0 Å². The molecule has 0 saturated heterocycles. The average Bonchev–Trinajstić information content (AvgIpc) is 3.13. The third-order valence-corrected chi connectivity index (χ3v) is 13.3. The molecule has 182 valence electrons. The lowest BCUT2D eigenvalue weighted by Gasteiger charge is -2.55. The number of fused-ring (bicyclic) bond motifs is 13. The SMILES string of the molecule is c1ccc2c(c1)-c1ccccc1N1c3ccccc3-c3ccccc3[Si]13c1ccccc1-c1ccccc1N23. The highest BCUT2D eigenvalue weighted by Gasteiger charge is 2.60. The predicted molar refractivity (Wildman–Crippen MR) is 165 cm³/mol. The molecule has 3 aliphatic heterocycles. The van der Waals surface area contributed by atoms with Crippen LogP contribution in [0.25, 0.3) is 33.4 Å². The Labute approximate surface area is 229 Å². The fraction of sp³-hybridized carbons (Fsp3) is 0. The van der Waals surface area contributed by atoms with Crippen LogP contribution in [0.3, 0.4) is 0 Å². The Hall–Kier alpha value is -4.86. The first-order valence-electron chi connectivity index (χ1n) is 13.6. The molecule has 9 rings (SSSR count). The van der Waals surface area contributed by atoms with Gasteiger partial charge in [0.1, 0.15) is 0 Å². The zero-order chi connectivity index (χ0) is 25.6. The zero-order valence-electron chi connectivity index (χ0n) is 21.3. The second-order valence-electron chi connectivity index (χ2n) is 10.5. The van der Waals surface area contributed by atoms with Crippen LogP contribution in [0.1, 0.15) is 0 Å². The van der Waals surface area contributed by atoms with Crippen LogP contribution in [0.5, 0.6) is 0 Å². The molecule has 0 aromatic heterocycles. The minimum Gasteiger partial charge on any atom is -0.342 e. The quantitative estimate of drug-likeness (QED) is 0.191. The molecule has 3 aliphatic rings. The molecule has 6 aromatic rings. The molecule has 0 atom stereocenters. The highest BCUT2D eigenvalue weighted by Crippen LogP contribution is 2.56. The molecular formula is C36H24N2Si. The molecule has 0 aliphatic carbocycles. The molecule has 3 heterocycles. The molecule has 1 spiro atoms. The van der Waals surface area contributed by atoms with Gasteiger partial charge in [0, 0.05) is 45.0 Å². The molecule has 6 aromatic carbocycles. The van der Waals surface area contributed by atoms with Crippen molar-refractivity contribution < 1.29 is 0 Å². The molecule has 3 heteroatoms. The maximum absolute atomic E-state index is 2.95. The zero-order valence-corrected chi connectivity index (χ0v) is 22.3. The van der Waals surface area contributed by atoms with E-state index in [0.717, 1.165) is 0 Å². The number of para-hydroxylation sites is 4. The number of hydrogen-bond acceptors (Lipinski definition) is 2. The summed E-state index contributed by atoms with van der Waals surface area (Å²) in [5, 5.41) is 2.86. The Morgan fingerprint density at radius 3 is 0.897 bits per heavy atom. The van der Waals surface area contributed by atoms with E-state index in [1.807, 2.05) is 0 Å². The summed E-state index contributed by atoms with van der Waals surface area (Å²) in [6.45, 7) is 0. The van der Waals surface area contributed by atoms with Gasteiger partial charge in [0.2, 0.25) is 0 Å². The van der Waals surface area contributed by atoms with Gasteiger partial charge in [-0.15, -0.1) is 0 Å². The van der Waals surface area contributed by atoms with Gasteiger partial charge in [-0.2, -0.15) is 0 Å². The summed E-state index contributed by atoms with van der Waals surface area (Å²) in [4.78, 5) is 0. The summed E-state index contributed by atoms with van der Waals surface area (Å²) >= 11 is 0. The molecule has 0 amide bonds. The minimum atomic E-state index is -2.95. The van der Waals surface area contributed by atoms with Gasteiger partial charge in [-0.1, -0.05) is 121 Å². The summed E-state index contributed by atoms with van der Waals surface area (Å²) in [5.74, 6) is 0. The lowest BCUT2D eigenvalue weighted by Crippen LogP contribution is -2.80. The standard InChI is InChI=1S/C36H24N2Si/c1-7-19-31-25(13-1)26-14-2-8-20-32(26)38-34-22-10-4-16-28(34)30-18-6-12-24-36(30)39(38)35-23-11-5-17-29(35)27-15-3-9-21-33(27)37(31)39/h1-24H. The fourth-order valence-electron chi connectivity index (χ4n) is 7.31. The second kappa shape index (κ2) is 7.59. The highest BCUT2D eigenvalue weighted by atomic mass is 28.3. The van der Waals surface area contributed by atoms with Crippen LogP contribution in [0.15, 0.2) is 146 Å². The van der Waals surface area contributed by atoms with E-state index >= 15 is 0 Å². The van der Waals surface area contributed by atoms with Gasteiger partial charge in [0.25, 0.3) is 0 Å². The molecule has 0 fully saturated rings. The molecule has 2 nitrogen and oxygen atoms in total. The summed E-state index contributed by atoms with van der Waals surface area (Å²) in [6.07, 6.45) is 0.